The second-order valence-electron chi connectivity index (χ2n) is 4.76. The van der Waals surface area contributed by atoms with E-state index in [9.17, 15) is 4.79 Å². The van der Waals surface area contributed by atoms with Gasteiger partial charge in [-0.1, -0.05) is 12.1 Å². The molecule has 0 unspecified atom stereocenters. The summed E-state index contributed by atoms with van der Waals surface area (Å²) >= 11 is 0. The number of nitrogen functional groups attached to an aromatic ring is 1. The van der Waals surface area contributed by atoms with Crippen molar-refractivity contribution in [3.05, 3.63) is 54.1 Å². The number of methoxy groups -OCH3 is 1. The topological polar surface area (TPSA) is 55.6 Å². The molecule has 4 nitrogen and oxygen atoms in total. The number of amides is 1. The molecule has 0 atom stereocenters. The van der Waals surface area contributed by atoms with E-state index >= 15 is 0 Å². The van der Waals surface area contributed by atoms with Crippen LogP contribution in [0.4, 0.5) is 11.4 Å². The lowest BCUT2D eigenvalue weighted by molar-refractivity contribution is -0.117. The minimum Gasteiger partial charge on any atom is -0.497 e. The lowest BCUT2D eigenvalue weighted by Crippen LogP contribution is -2.31. The maximum absolute atomic E-state index is 12.5. The molecule has 0 heterocycles. The number of hydrogen-bond donors (Lipinski definition) is 1. The van der Waals surface area contributed by atoms with Gasteiger partial charge in [0.25, 0.3) is 0 Å². The second kappa shape index (κ2) is 6.79. The third-order valence-corrected chi connectivity index (χ3v) is 3.31. The zero-order chi connectivity index (χ0) is 15.2. The summed E-state index contributed by atoms with van der Waals surface area (Å²) in [6.45, 7) is 2.58. The van der Waals surface area contributed by atoms with Crippen molar-refractivity contribution in [1.82, 2.24) is 0 Å². The van der Waals surface area contributed by atoms with Crippen molar-refractivity contribution < 1.29 is 9.53 Å². The molecule has 110 valence electrons. The number of ether oxygens (including phenoxy) is 1. The van der Waals surface area contributed by atoms with Gasteiger partial charge in [0.15, 0.2) is 0 Å². The highest BCUT2D eigenvalue weighted by Gasteiger charge is 2.14. The molecule has 2 aromatic carbocycles. The first-order valence-corrected chi connectivity index (χ1v) is 6.93. The summed E-state index contributed by atoms with van der Waals surface area (Å²) in [5, 5.41) is 0. The standard InChI is InChI=1S/C17H20N2O2/c1-3-19(15-9-7-14(18)8-10-15)17(20)12-13-5-4-6-16(11-13)21-2/h4-11H,3,12,18H2,1-2H3. The molecular formula is C17H20N2O2. The number of benzene rings is 2. The van der Waals surface area contributed by atoms with Gasteiger partial charge >= 0.3 is 0 Å². The Morgan fingerprint density at radius 3 is 2.52 bits per heavy atom. The molecule has 2 rings (SSSR count). The van der Waals surface area contributed by atoms with Gasteiger partial charge in [-0.25, -0.2) is 0 Å². The average molecular weight is 284 g/mol. The van der Waals surface area contributed by atoms with Gasteiger partial charge in [-0.05, 0) is 48.9 Å². The Balaban J connectivity index is 2.14. The lowest BCUT2D eigenvalue weighted by Gasteiger charge is -2.21. The van der Waals surface area contributed by atoms with Crippen LogP contribution in [0.25, 0.3) is 0 Å². The first kappa shape index (κ1) is 14.9. The molecule has 0 fully saturated rings. The maximum Gasteiger partial charge on any atom is 0.231 e. The molecule has 0 aliphatic heterocycles. The van der Waals surface area contributed by atoms with Crippen LogP contribution in [0.3, 0.4) is 0 Å². The van der Waals surface area contributed by atoms with Crippen molar-refractivity contribution in [2.45, 2.75) is 13.3 Å². The summed E-state index contributed by atoms with van der Waals surface area (Å²) in [4.78, 5) is 14.2. The molecule has 0 saturated heterocycles. The fraction of sp³-hybridized carbons (Fsp3) is 0.235. The number of likely N-dealkylation sites (N-methyl/N-ethyl adjacent to an activating group) is 1. The third-order valence-electron chi connectivity index (χ3n) is 3.31. The molecule has 0 saturated carbocycles. The van der Waals surface area contributed by atoms with E-state index in [1.54, 1.807) is 24.1 Å². The molecule has 0 spiro atoms. The van der Waals surface area contributed by atoms with Crippen molar-refractivity contribution in [2.24, 2.45) is 0 Å². The largest absolute Gasteiger partial charge is 0.497 e. The van der Waals surface area contributed by atoms with E-state index in [1.165, 1.54) is 0 Å². The lowest BCUT2D eigenvalue weighted by atomic mass is 10.1. The number of carbonyl (C=O) groups excluding carboxylic acids is 1. The number of hydrogen-bond acceptors (Lipinski definition) is 3. The van der Waals surface area contributed by atoms with Gasteiger partial charge in [0, 0.05) is 17.9 Å². The van der Waals surface area contributed by atoms with E-state index in [1.807, 2.05) is 43.3 Å². The van der Waals surface area contributed by atoms with E-state index in [2.05, 4.69) is 0 Å². The van der Waals surface area contributed by atoms with Crippen LogP contribution in [0, 0.1) is 0 Å². The van der Waals surface area contributed by atoms with Crippen LogP contribution in [0.1, 0.15) is 12.5 Å². The van der Waals surface area contributed by atoms with Crippen LogP contribution in [0.5, 0.6) is 5.75 Å². The number of nitrogens with two attached hydrogens (primary N) is 1. The molecule has 0 aliphatic rings. The highest BCUT2D eigenvalue weighted by atomic mass is 16.5. The first-order valence-electron chi connectivity index (χ1n) is 6.93. The van der Waals surface area contributed by atoms with E-state index in [0.29, 0.717) is 18.7 Å². The fourth-order valence-electron chi connectivity index (χ4n) is 2.21. The fourth-order valence-corrected chi connectivity index (χ4v) is 2.21. The van der Waals surface area contributed by atoms with Gasteiger partial charge in [-0.2, -0.15) is 0 Å². The van der Waals surface area contributed by atoms with Crippen molar-refractivity contribution in [2.75, 3.05) is 24.3 Å². The molecule has 0 aromatic heterocycles. The molecule has 2 N–H and O–H groups in total. The quantitative estimate of drug-likeness (QED) is 0.859. The van der Waals surface area contributed by atoms with Gasteiger partial charge in [0.05, 0.1) is 13.5 Å². The van der Waals surface area contributed by atoms with Gasteiger partial charge in [0.2, 0.25) is 5.91 Å². The molecule has 0 bridgehead atoms. The van der Waals surface area contributed by atoms with E-state index < -0.39 is 0 Å². The summed E-state index contributed by atoms with van der Waals surface area (Å²) in [5.41, 5.74) is 8.17. The predicted molar refractivity (Wildman–Crippen MR) is 85.6 cm³/mol. The molecule has 0 radical (unpaired) electrons. The van der Waals surface area contributed by atoms with Crippen LogP contribution in [-0.4, -0.2) is 19.6 Å². The number of nitrogens with zero attached hydrogens (tertiary/aromatic N) is 1. The van der Waals surface area contributed by atoms with E-state index in [0.717, 1.165) is 17.0 Å². The number of rotatable bonds is 5. The third kappa shape index (κ3) is 3.75. The summed E-state index contributed by atoms with van der Waals surface area (Å²) < 4.78 is 5.18. The number of carbonyl (C=O) groups is 1. The minimum atomic E-state index is 0.0514. The van der Waals surface area contributed by atoms with E-state index in [-0.39, 0.29) is 5.91 Å². The highest BCUT2D eigenvalue weighted by Crippen LogP contribution is 2.19. The molecule has 4 heteroatoms. The Morgan fingerprint density at radius 2 is 1.90 bits per heavy atom. The smallest absolute Gasteiger partial charge is 0.231 e. The Labute approximate surface area is 125 Å². The minimum absolute atomic E-state index is 0.0514. The Kier molecular flexibility index (Phi) is 4.82. The Bertz CT molecular complexity index is 608. The zero-order valence-electron chi connectivity index (χ0n) is 12.4. The molecular weight excluding hydrogens is 264 g/mol. The maximum atomic E-state index is 12.5. The van der Waals surface area contributed by atoms with Crippen LogP contribution in [0.2, 0.25) is 0 Å². The van der Waals surface area contributed by atoms with Crippen molar-refractivity contribution in [1.29, 1.82) is 0 Å². The van der Waals surface area contributed by atoms with Crippen molar-refractivity contribution in [3.63, 3.8) is 0 Å². The van der Waals surface area contributed by atoms with Gasteiger partial charge in [-0.3, -0.25) is 4.79 Å². The normalized spacial score (nSPS) is 10.2. The first-order chi connectivity index (χ1) is 10.1. The van der Waals surface area contributed by atoms with Gasteiger partial charge in [-0.15, -0.1) is 0 Å². The summed E-state index contributed by atoms with van der Waals surface area (Å²) in [7, 11) is 1.62. The van der Waals surface area contributed by atoms with Crippen molar-refractivity contribution in [3.8, 4) is 5.75 Å². The van der Waals surface area contributed by atoms with E-state index in [4.69, 9.17) is 10.5 Å². The van der Waals surface area contributed by atoms with Gasteiger partial charge < -0.3 is 15.4 Å². The summed E-state index contributed by atoms with van der Waals surface area (Å²) in [6, 6.07) is 14.9. The molecule has 21 heavy (non-hydrogen) atoms. The van der Waals surface area contributed by atoms with Crippen LogP contribution in [0.15, 0.2) is 48.5 Å². The van der Waals surface area contributed by atoms with Crippen molar-refractivity contribution >= 4 is 17.3 Å². The van der Waals surface area contributed by atoms with Gasteiger partial charge in [0.1, 0.15) is 5.75 Å². The summed E-state index contributed by atoms with van der Waals surface area (Å²) in [6.07, 6.45) is 0.343. The van der Waals surface area contributed by atoms with Crippen LogP contribution < -0.4 is 15.4 Å². The van der Waals surface area contributed by atoms with Crippen LogP contribution in [-0.2, 0) is 11.2 Å². The highest BCUT2D eigenvalue weighted by molar-refractivity contribution is 5.94. The van der Waals surface area contributed by atoms with Crippen LogP contribution >= 0.6 is 0 Å². The summed E-state index contributed by atoms with van der Waals surface area (Å²) in [5.74, 6) is 0.811. The Hall–Kier alpha value is -2.49. The predicted octanol–water partition coefficient (Wildman–Crippen LogP) is 2.87. The SMILES string of the molecule is CCN(C(=O)Cc1cccc(OC)c1)c1ccc(N)cc1. The Morgan fingerprint density at radius 1 is 1.19 bits per heavy atom. The monoisotopic (exact) mass is 284 g/mol. The molecule has 2 aromatic rings. The zero-order valence-corrected chi connectivity index (χ0v) is 12.4. The molecule has 0 aliphatic carbocycles. The molecule has 1 amide bonds. The average Bonchev–Trinajstić information content (AvgIpc) is 2.50. The second-order valence-corrected chi connectivity index (χ2v) is 4.76. The number of anilines is 2.